The zero-order chi connectivity index (χ0) is 14.7. The average Bonchev–Trinajstić information content (AvgIpc) is 3.19. The van der Waals surface area contributed by atoms with Crippen molar-refractivity contribution < 1.29 is 4.42 Å². The fourth-order valence-electron chi connectivity index (χ4n) is 2.95. The summed E-state index contributed by atoms with van der Waals surface area (Å²) >= 11 is 0. The Morgan fingerprint density at radius 2 is 2.19 bits per heavy atom. The maximum Gasteiger partial charge on any atom is 0.152 e. The van der Waals surface area contributed by atoms with E-state index >= 15 is 0 Å². The lowest BCUT2D eigenvalue weighted by atomic mass is 10.2. The number of aryl methyl sites for hydroxylation is 1. The lowest BCUT2D eigenvalue weighted by Gasteiger charge is -2.23. The maximum atomic E-state index is 5.67. The van der Waals surface area contributed by atoms with Crippen molar-refractivity contribution in [2.75, 3.05) is 19.6 Å². The number of H-pyrrole nitrogens is 1. The van der Waals surface area contributed by atoms with Gasteiger partial charge in [0.05, 0.1) is 6.20 Å². The average molecular weight is 288 g/mol. The molecule has 0 spiro atoms. The first-order chi connectivity index (χ1) is 10.2. The molecule has 1 saturated heterocycles. The van der Waals surface area contributed by atoms with Gasteiger partial charge in [0.2, 0.25) is 0 Å². The topological polar surface area (TPSA) is 57.1 Å². The van der Waals surface area contributed by atoms with Gasteiger partial charge in [-0.3, -0.25) is 10.00 Å². The Hall–Kier alpha value is -1.59. The third kappa shape index (κ3) is 3.36. The molecule has 2 aromatic rings. The quantitative estimate of drug-likeness (QED) is 0.857. The standard InChI is InChI=1S/C16H24N4O/c1-12(20-7-3-4-8-20)9-17-10-14-11-18-19-16(14)15-6-5-13(2)21-15/h5-6,11-12,17H,3-4,7-10H2,1-2H3,(H,18,19). The highest BCUT2D eigenvalue weighted by Gasteiger charge is 2.18. The Balaban J connectivity index is 1.55. The van der Waals surface area contributed by atoms with E-state index in [0.29, 0.717) is 6.04 Å². The van der Waals surface area contributed by atoms with Crippen molar-refractivity contribution in [2.45, 2.75) is 39.3 Å². The van der Waals surface area contributed by atoms with Crippen LogP contribution in [0.25, 0.3) is 11.5 Å². The summed E-state index contributed by atoms with van der Waals surface area (Å²) in [6, 6.07) is 4.55. The number of aromatic nitrogens is 2. The van der Waals surface area contributed by atoms with Gasteiger partial charge < -0.3 is 9.73 Å². The summed E-state index contributed by atoms with van der Waals surface area (Å²) in [6.45, 7) is 8.54. The van der Waals surface area contributed by atoms with Gasteiger partial charge in [-0.25, -0.2) is 0 Å². The third-order valence-electron chi connectivity index (χ3n) is 4.22. The van der Waals surface area contributed by atoms with E-state index in [1.54, 1.807) is 0 Å². The summed E-state index contributed by atoms with van der Waals surface area (Å²) in [5.74, 6) is 1.77. The van der Waals surface area contributed by atoms with Crippen LogP contribution in [0.15, 0.2) is 22.7 Å². The van der Waals surface area contributed by atoms with Crippen molar-refractivity contribution >= 4 is 0 Å². The van der Waals surface area contributed by atoms with Crippen LogP contribution in [0.3, 0.4) is 0 Å². The molecule has 0 radical (unpaired) electrons. The first kappa shape index (κ1) is 14.4. The van der Waals surface area contributed by atoms with Crippen molar-refractivity contribution in [3.63, 3.8) is 0 Å². The van der Waals surface area contributed by atoms with Gasteiger partial charge in [0.25, 0.3) is 0 Å². The molecule has 0 aromatic carbocycles. The van der Waals surface area contributed by atoms with Crippen LogP contribution in [0.5, 0.6) is 0 Å². The van der Waals surface area contributed by atoms with Gasteiger partial charge in [-0.2, -0.15) is 5.10 Å². The lowest BCUT2D eigenvalue weighted by Crippen LogP contribution is -2.38. The molecule has 5 heteroatoms. The first-order valence-electron chi connectivity index (χ1n) is 7.78. The van der Waals surface area contributed by atoms with Crippen molar-refractivity contribution in [1.82, 2.24) is 20.4 Å². The predicted molar refractivity (Wildman–Crippen MR) is 83.0 cm³/mol. The molecule has 0 amide bonds. The highest BCUT2D eigenvalue weighted by Crippen LogP contribution is 2.23. The van der Waals surface area contributed by atoms with Crippen LogP contribution in [-0.4, -0.2) is 40.8 Å². The maximum absolute atomic E-state index is 5.67. The monoisotopic (exact) mass is 288 g/mol. The second kappa shape index (κ2) is 6.45. The van der Waals surface area contributed by atoms with Gasteiger partial charge in [-0.05, 0) is 51.9 Å². The molecule has 21 heavy (non-hydrogen) atoms. The minimum Gasteiger partial charge on any atom is -0.460 e. The molecule has 114 valence electrons. The van der Waals surface area contributed by atoms with Gasteiger partial charge in [0.15, 0.2) is 5.76 Å². The molecular formula is C16H24N4O. The molecule has 1 unspecified atom stereocenters. The second-order valence-corrected chi connectivity index (χ2v) is 5.90. The van der Waals surface area contributed by atoms with Crippen LogP contribution >= 0.6 is 0 Å². The summed E-state index contributed by atoms with van der Waals surface area (Å²) in [5, 5.41) is 10.7. The fraction of sp³-hybridized carbons (Fsp3) is 0.562. The Morgan fingerprint density at radius 3 is 2.90 bits per heavy atom. The molecule has 2 N–H and O–H groups in total. The van der Waals surface area contributed by atoms with Crippen molar-refractivity contribution in [1.29, 1.82) is 0 Å². The summed E-state index contributed by atoms with van der Waals surface area (Å²) < 4.78 is 5.67. The Labute approximate surface area is 125 Å². The lowest BCUT2D eigenvalue weighted by molar-refractivity contribution is 0.251. The van der Waals surface area contributed by atoms with Crippen LogP contribution < -0.4 is 5.32 Å². The molecule has 1 aliphatic rings. The van der Waals surface area contributed by atoms with Crippen molar-refractivity contribution in [3.8, 4) is 11.5 Å². The van der Waals surface area contributed by atoms with Gasteiger partial charge in [-0.15, -0.1) is 0 Å². The Morgan fingerprint density at radius 1 is 1.38 bits per heavy atom. The number of nitrogens with zero attached hydrogens (tertiary/aromatic N) is 2. The third-order valence-corrected chi connectivity index (χ3v) is 4.22. The molecule has 0 aliphatic carbocycles. The molecule has 3 rings (SSSR count). The fourth-order valence-corrected chi connectivity index (χ4v) is 2.95. The molecule has 5 nitrogen and oxygen atoms in total. The van der Waals surface area contributed by atoms with Gasteiger partial charge in [0, 0.05) is 24.7 Å². The number of aromatic amines is 1. The van der Waals surface area contributed by atoms with Gasteiger partial charge in [0.1, 0.15) is 11.5 Å². The van der Waals surface area contributed by atoms with E-state index in [1.807, 2.05) is 25.3 Å². The second-order valence-electron chi connectivity index (χ2n) is 5.90. The van der Waals surface area contributed by atoms with Crippen LogP contribution in [0.4, 0.5) is 0 Å². The zero-order valence-corrected chi connectivity index (χ0v) is 12.9. The summed E-state index contributed by atoms with van der Waals surface area (Å²) in [6.07, 6.45) is 4.56. The summed E-state index contributed by atoms with van der Waals surface area (Å²) in [4.78, 5) is 2.55. The predicted octanol–water partition coefficient (Wildman–Crippen LogP) is 2.55. The molecule has 1 atom stereocenters. The van der Waals surface area contributed by atoms with Gasteiger partial charge in [-0.1, -0.05) is 0 Å². The number of hydrogen-bond acceptors (Lipinski definition) is 4. The molecule has 3 heterocycles. The van der Waals surface area contributed by atoms with E-state index in [2.05, 4.69) is 27.3 Å². The number of furan rings is 1. The largest absolute Gasteiger partial charge is 0.460 e. The molecule has 1 fully saturated rings. The van der Waals surface area contributed by atoms with Crippen LogP contribution in [0, 0.1) is 6.92 Å². The van der Waals surface area contributed by atoms with E-state index < -0.39 is 0 Å². The van der Waals surface area contributed by atoms with E-state index in [9.17, 15) is 0 Å². The van der Waals surface area contributed by atoms with E-state index in [0.717, 1.165) is 35.9 Å². The summed E-state index contributed by atoms with van der Waals surface area (Å²) in [7, 11) is 0. The first-order valence-corrected chi connectivity index (χ1v) is 7.78. The highest BCUT2D eigenvalue weighted by molar-refractivity contribution is 5.56. The van der Waals surface area contributed by atoms with Crippen molar-refractivity contribution in [3.05, 3.63) is 29.7 Å². The van der Waals surface area contributed by atoms with E-state index in [-0.39, 0.29) is 0 Å². The zero-order valence-electron chi connectivity index (χ0n) is 12.9. The smallest absolute Gasteiger partial charge is 0.152 e. The highest BCUT2D eigenvalue weighted by atomic mass is 16.3. The van der Waals surface area contributed by atoms with Crippen LogP contribution in [0.2, 0.25) is 0 Å². The molecular weight excluding hydrogens is 264 g/mol. The number of rotatable bonds is 6. The number of nitrogens with one attached hydrogen (secondary N) is 2. The number of likely N-dealkylation sites (tertiary alicyclic amines) is 1. The Bertz CT molecular complexity index is 568. The van der Waals surface area contributed by atoms with Crippen LogP contribution in [-0.2, 0) is 6.54 Å². The molecule has 2 aromatic heterocycles. The normalized spacial score (nSPS) is 17.4. The number of hydrogen-bond donors (Lipinski definition) is 2. The Kier molecular flexibility index (Phi) is 4.41. The summed E-state index contributed by atoms with van der Waals surface area (Å²) in [5.41, 5.74) is 2.13. The SMILES string of the molecule is Cc1ccc(-c2[nH]ncc2CNCC(C)N2CCCC2)o1. The minimum atomic E-state index is 0.591. The van der Waals surface area contributed by atoms with Crippen molar-refractivity contribution in [2.24, 2.45) is 0 Å². The molecule has 0 saturated carbocycles. The molecule has 1 aliphatic heterocycles. The molecule has 0 bridgehead atoms. The van der Waals surface area contributed by atoms with Crippen LogP contribution in [0.1, 0.15) is 31.1 Å². The van der Waals surface area contributed by atoms with E-state index in [1.165, 1.54) is 25.9 Å². The minimum absolute atomic E-state index is 0.591. The van der Waals surface area contributed by atoms with E-state index in [4.69, 9.17) is 4.42 Å². The van der Waals surface area contributed by atoms with Gasteiger partial charge >= 0.3 is 0 Å².